The second-order valence-electron chi connectivity index (χ2n) is 5.53. The average Bonchev–Trinajstić information content (AvgIpc) is 2.96. The SMILES string of the molecule is Cn1c(=O)c2c(ncn2CCNC2=NCCCC2)n(C)c1=O. The van der Waals surface area contributed by atoms with Crippen LogP contribution in [-0.4, -0.2) is 37.6 Å². The summed E-state index contributed by atoms with van der Waals surface area (Å²) in [5.74, 6) is 1.04. The van der Waals surface area contributed by atoms with Gasteiger partial charge in [-0.05, 0) is 12.8 Å². The number of amidine groups is 1. The van der Waals surface area contributed by atoms with Crippen molar-refractivity contribution in [2.75, 3.05) is 13.1 Å². The first-order valence-corrected chi connectivity index (χ1v) is 7.47. The van der Waals surface area contributed by atoms with E-state index in [2.05, 4.69) is 15.3 Å². The van der Waals surface area contributed by atoms with Crippen LogP contribution in [0.15, 0.2) is 20.9 Å². The van der Waals surface area contributed by atoms with Gasteiger partial charge in [0.05, 0.1) is 12.2 Å². The van der Waals surface area contributed by atoms with Gasteiger partial charge in [0.25, 0.3) is 5.56 Å². The molecule has 118 valence electrons. The highest BCUT2D eigenvalue weighted by atomic mass is 16.2. The van der Waals surface area contributed by atoms with Crippen LogP contribution in [0.4, 0.5) is 0 Å². The Labute approximate surface area is 127 Å². The fourth-order valence-corrected chi connectivity index (χ4v) is 2.73. The van der Waals surface area contributed by atoms with Crippen LogP contribution in [0.5, 0.6) is 0 Å². The van der Waals surface area contributed by atoms with Crippen molar-refractivity contribution in [3.8, 4) is 0 Å². The van der Waals surface area contributed by atoms with E-state index in [-0.39, 0.29) is 11.2 Å². The molecule has 0 atom stereocenters. The molecule has 0 aliphatic carbocycles. The maximum atomic E-state index is 12.3. The van der Waals surface area contributed by atoms with Crippen LogP contribution < -0.4 is 16.6 Å². The average molecular weight is 304 g/mol. The molecule has 8 nitrogen and oxygen atoms in total. The van der Waals surface area contributed by atoms with Gasteiger partial charge in [0.15, 0.2) is 11.2 Å². The van der Waals surface area contributed by atoms with Gasteiger partial charge < -0.3 is 9.88 Å². The number of hydrogen-bond acceptors (Lipinski definition) is 5. The van der Waals surface area contributed by atoms with Gasteiger partial charge in [-0.2, -0.15) is 0 Å². The maximum absolute atomic E-state index is 12.3. The smallest absolute Gasteiger partial charge is 0.332 e. The Kier molecular flexibility index (Phi) is 3.82. The summed E-state index contributed by atoms with van der Waals surface area (Å²) in [4.78, 5) is 32.8. The van der Waals surface area contributed by atoms with Crippen molar-refractivity contribution >= 4 is 17.0 Å². The Balaban J connectivity index is 1.84. The lowest BCUT2D eigenvalue weighted by molar-refractivity contribution is 0.652. The van der Waals surface area contributed by atoms with Gasteiger partial charge in [0, 0.05) is 40.2 Å². The van der Waals surface area contributed by atoms with Crippen LogP contribution in [0.25, 0.3) is 11.2 Å². The minimum Gasteiger partial charge on any atom is -0.372 e. The van der Waals surface area contributed by atoms with Crippen molar-refractivity contribution < 1.29 is 0 Å². The Morgan fingerprint density at radius 2 is 2.05 bits per heavy atom. The van der Waals surface area contributed by atoms with Gasteiger partial charge in [-0.15, -0.1) is 0 Å². The molecule has 1 aliphatic rings. The maximum Gasteiger partial charge on any atom is 0.332 e. The summed E-state index contributed by atoms with van der Waals surface area (Å²) in [7, 11) is 3.10. The molecule has 3 rings (SSSR count). The molecule has 0 aromatic carbocycles. The number of nitrogens with one attached hydrogen (secondary N) is 1. The molecule has 0 fully saturated rings. The molecule has 3 heterocycles. The third-order valence-corrected chi connectivity index (χ3v) is 4.02. The third kappa shape index (κ3) is 2.44. The minimum atomic E-state index is -0.363. The number of aryl methyl sites for hydroxylation is 1. The van der Waals surface area contributed by atoms with E-state index in [1.54, 1.807) is 17.9 Å². The Morgan fingerprint density at radius 1 is 1.23 bits per heavy atom. The van der Waals surface area contributed by atoms with E-state index < -0.39 is 0 Å². The van der Waals surface area contributed by atoms with Crippen molar-refractivity contribution in [1.29, 1.82) is 0 Å². The van der Waals surface area contributed by atoms with E-state index in [0.29, 0.717) is 24.3 Å². The Morgan fingerprint density at radius 3 is 2.77 bits per heavy atom. The second-order valence-corrected chi connectivity index (χ2v) is 5.53. The first-order valence-electron chi connectivity index (χ1n) is 7.47. The van der Waals surface area contributed by atoms with Gasteiger partial charge >= 0.3 is 5.69 Å². The Hall–Kier alpha value is -2.38. The summed E-state index contributed by atoms with van der Waals surface area (Å²) in [6.45, 7) is 2.16. The van der Waals surface area contributed by atoms with Gasteiger partial charge in [-0.3, -0.25) is 18.9 Å². The van der Waals surface area contributed by atoms with Crippen LogP contribution in [0, 0.1) is 0 Å². The summed E-state index contributed by atoms with van der Waals surface area (Å²) in [5.41, 5.74) is 0.197. The molecule has 1 N–H and O–H groups in total. The van der Waals surface area contributed by atoms with E-state index in [1.165, 1.54) is 18.0 Å². The molecule has 22 heavy (non-hydrogen) atoms. The number of aliphatic imine (C=N–C) groups is 1. The van der Waals surface area contributed by atoms with Gasteiger partial charge in [0.2, 0.25) is 0 Å². The zero-order valence-electron chi connectivity index (χ0n) is 12.9. The molecule has 0 spiro atoms. The number of rotatable bonds is 3. The second kappa shape index (κ2) is 5.78. The molecule has 8 heteroatoms. The van der Waals surface area contributed by atoms with Crippen molar-refractivity contribution in [3.05, 3.63) is 27.2 Å². The predicted octanol–water partition coefficient (Wildman–Crippen LogP) is -0.394. The first-order chi connectivity index (χ1) is 10.6. The third-order valence-electron chi connectivity index (χ3n) is 4.02. The lowest BCUT2D eigenvalue weighted by Gasteiger charge is -2.14. The highest BCUT2D eigenvalue weighted by molar-refractivity contribution is 5.82. The zero-order chi connectivity index (χ0) is 15.7. The Bertz CT molecular complexity index is 841. The van der Waals surface area contributed by atoms with Crippen LogP contribution >= 0.6 is 0 Å². The predicted molar refractivity (Wildman–Crippen MR) is 84.4 cm³/mol. The van der Waals surface area contributed by atoms with Crippen LogP contribution in [0.1, 0.15) is 19.3 Å². The summed E-state index contributed by atoms with van der Waals surface area (Å²) < 4.78 is 4.29. The van der Waals surface area contributed by atoms with Gasteiger partial charge in [0.1, 0.15) is 0 Å². The molecular formula is C14H20N6O2. The molecule has 0 saturated heterocycles. The molecule has 2 aromatic heterocycles. The molecule has 0 unspecified atom stereocenters. The molecule has 1 aliphatic heterocycles. The van der Waals surface area contributed by atoms with Crippen molar-refractivity contribution in [2.45, 2.75) is 25.8 Å². The van der Waals surface area contributed by atoms with Crippen LogP contribution in [-0.2, 0) is 20.6 Å². The lowest BCUT2D eigenvalue weighted by Crippen LogP contribution is -2.38. The minimum absolute atomic E-state index is 0.314. The monoisotopic (exact) mass is 304 g/mol. The summed E-state index contributed by atoms with van der Waals surface area (Å²) >= 11 is 0. The fraction of sp³-hybridized carbons (Fsp3) is 0.571. The van der Waals surface area contributed by atoms with E-state index in [9.17, 15) is 9.59 Å². The quantitative estimate of drug-likeness (QED) is 0.836. The first kappa shape index (κ1) is 14.6. The van der Waals surface area contributed by atoms with E-state index in [4.69, 9.17) is 0 Å². The molecule has 0 saturated carbocycles. The van der Waals surface area contributed by atoms with Crippen LogP contribution in [0.2, 0.25) is 0 Å². The number of aromatic nitrogens is 4. The van der Waals surface area contributed by atoms with E-state index >= 15 is 0 Å². The number of hydrogen-bond donors (Lipinski definition) is 1. The standard InChI is InChI=1S/C14H20N6O2/c1-18-12-11(13(21)19(2)14(18)22)20(9-17-12)8-7-16-10-5-3-4-6-15-10/h9H,3-8H2,1-2H3,(H,15,16). The van der Waals surface area contributed by atoms with E-state index in [1.807, 2.05) is 0 Å². The molecule has 0 bridgehead atoms. The lowest BCUT2D eigenvalue weighted by atomic mass is 10.2. The van der Waals surface area contributed by atoms with Crippen molar-refractivity contribution in [1.82, 2.24) is 24.0 Å². The summed E-state index contributed by atoms with van der Waals surface area (Å²) in [5, 5.41) is 3.31. The topological polar surface area (TPSA) is 86.2 Å². The molecule has 2 aromatic rings. The molecule has 0 radical (unpaired) electrons. The number of imidazole rings is 1. The largest absolute Gasteiger partial charge is 0.372 e. The van der Waals surface area contributed by atoms with Gasteiger partial charge in [-0.1, -0.05) is 0 Å². The molecule has 0 amide bonds. The summed E-state index contributed by atoms with van der Waals surface area (Å²) in [6, 6.07) is 0. The van der Waals surface area contributed by atoms with Gasteiger partial charge in [-0.25, -0.2) is 9.78 Å². The summed E-state index contributed by atoms with van der Waals surface area (Å²) in [6.07, 6.45) is 4.92. The van der Waals surface area contributed by atoms with Crippen molar-refractivity contribution in [2.24, 2.45) is 19.1 Å². The van der Waals surface area contributed by atoms with E-state index in [0.717, 1.165) is 29.8 Å². The highest BCUT2D eigenvalue weighted by Gasteiger charge is 2.14. The number of nitrogens with zero attached hydrogens (tertiary/aromatic N) is 5. The number of fused-ring (bicyclic) bond motifs is 1. The highest BCUT2D eigenvalue weighted by Crippen LogP contribution is 2.06. The van der Waals surface area contributed by atoms with Crippen molar-refractivity contribution in [3.63, 3.8) is 0 Å². The van der Waals surface area contributed by atoms with Crippen LogP contribution in [0.3, 0.4) is 0 Å². The normalized spacial score (nSPS) is 15.1. The zero-order valence-corrected chi connectivity index (χ0v) is 12.9. The fourth-order valence-electron chi connectivity index (χ4n) is 2.73. The molecular weight excluding hydrogens is 284 g/mol.